The average Bonchev–Trinajstić information content (AvgIpc) is 2.43. The van der Waals surface area contributed by atoms with Crippen molar-refractivity contribution in [3.05, 3.63) is 35.9 Å². The molecule has 0 spiro atoms. The quantitative estimate of drug-likeness (QED) is 0.669. The molecule has 3 N–H and O–H groups in total. The second-order valence-electron chi connectivity index (χ2n) is 6.83. The van der Waals surface area contributed by atoms with E-state index >= 15 is 0 Å². The van der Waals surface area contributed by atoms with Crippen LogP contribution in [0.2, 0.25) is 0 Å². The molecular weight excluding hydrogens is 298 g/mol. The molecule has 128 valence electrons. The van der Waals surface area contributed by atoms with Crippen LogP contribution in [0.1, 0.15) is 39.7 Å². The molecule has 0 heterocycles. The zero-order chi connectivity index (χ0) is 17.7. The fourth-order valence-corrected chi connectivity index (χ4v) is 2.15. The predicted octanol–water partition coefficient (Wildman–Crippen LogP) is 3.32. The van der Waals surface area contributed by atoms with Gasteiger partial charge in [0.2, 0.25) is 0 Å². The highest BCUT2D eigenvalue weighted by Crippen LogP contribution is 2.42. The Balaban J connectivity index is 2.88. The Morgan fingerprint density at radius 1 is 1.13 bits per heavy atom. The molecule has 1 aromatic carbocycles. The lowest BCUT2D eigenvalue weighted by Gasteiger charge is -2.40. The summed E-state index contributed by atoms with van der Waals surface area (Å²) in [5.74, 6) is -0.981. The lowest BCUT2D eigenvalue weighted by molar-refractivity contribution is -0.159. The van der Waals surface area contributed by atoms with Crippen molar-refractivity contribution in [1.82, 2.24) is 5.32 Å². The standard InChI is InChI=1S/C17H25NO5/c1-16(2,3)17(4,14(19)20)10-13(18-15(21)22)23-11-12-8-6-5-7-9-12/h5-9,13,18H,10-11H2,1-4H3,(H,19,20)(H,21,22). The molecule has 0 saturated heterocycles. The molecule has 0 aliphatic heterocycles. The summed E-state index contributed by atoms with van der Waals surface area (Å²) in [6.07, 6.45) is -2.12. The van der Waals surface area contributed by atoms with Crippen LogP contribution in [-0.4, -0.2) is 28.5 Å². The van der Waals surface area contributed by atoms with Crippen LogP contribution in [0, 0.1) is 10.8 Å². The molecule has 0 aliphatic rings. The van der Waals surface area contributed by atoms with Gasteiger partial charge in [-0.25, -0.2) is 4.79 Å². The lowest BCUT2D eigenvalue weighted by atomic mass is 9.65. The van der Waals surface area contributed by atoms with Gasteiger partial charge in [-0.2, -0.15) is 0 Å². The third-order valence-corrected chi connectivity index (χ3v) is 4.30. The van der Waals surface area contributed by atoms with E-state index in [1.54, 1.807) is 6.92 Å². The summed E-state index contributed by atoms with van der Waals surface area (Å²) in [6.45, 7) is 7.26. The van der Waals surface area contributed by atoms with E-state index in [1.165, 1.54) is 0 Å². The highest BCUT2D eigenvalue weighted by Gasteiger charge is 2.46. The number of carboxylic acid groups (broad SMARTS) is 2. The van der Waals surface area contributed by atoms with E-state index in [4.69, 9.17) is 9.84 Å². The number of rotatable bonds is 7. The summed E-state index contributed by atoms with van der Waals surface area (Å²) in [7, 11) is 0. The zero-order valence-electron chi connectivity index (χ0n) is 14.0. The first kappa shape index (κ1) is 19.0. The molecule has 0 radical (unpaired) electrons. The Kier molecular flexibility index (Phi) is 6.15. The SMILES string of the molecule is CC(C)(C)C(C)(CC(NC(=O)O)OCc1ccccc1)C(=O)O. The summed E-state index contributed by atoms with van der Waals surface area (Å²) in [6, 6.07) is 9.30. The Morgan fingerprint density at radius 2 is 1.70 bits per heavy atom. The summed E-state index contributed by atoms with van der Waals surface area (Å²) in [5.41, 5.74) is -0.818. The minimum Gasteiger partial charge on any atom is -0.481 e. The molecule has 1 rings (SSSR count). The molecule has 0 aliphatic carbocycles. The van der Waals surface area contributed by atoms with Gasteiger partial charge in [-0.05, 0) is 17.9 Å². The van der Waals surface area contributed by atoms with E-state index in [9.17, 15) is 14.7 Å². The van der Waals surface area contributed by atoms with Crippen LogP contribution in [-0.2, 0) is 16.1 Å². The lowest BCUT2D eigenvalue weighted by Crippen LogP contribution is -2.47. The molecule has 23 heavy (non-hydrogen) atoms. The molecule has 0 aromatic heterocycles. The van der Waals surface area contributed by atoms with Crippen molar-refractivity contribution in [2.45, 2.75) is 47.0 Å². The second-order valence-corrected chi connectivity index (χ2v) is 6.83. The summed E-state index contributed by atoms with van der Waals surface area (Å²) in [5, 5.41) is 20.9. The van der Waals surface area contributed by atoms with Gasteiger partial charge in [-0.3, -0.25) is 10.1 Å². The van der Waals surface area contributed by atoms with Gasteiger partial charge in [0.1, 0.15) is 6.23 Å². The van der Waals surface area contributed by atoms with Gasteiger partial charge < -0.3 is 14.9 Å². The van der Waals surface area contributed by atoms with Crippen molar-refractivity contribution in [2.75, 3.05) is 0 Å². The minimum absolute atomic E-state index is 0.0327. The van der Waals surface area contributed by atoms with Crippen molar-refractivity contribution in [2.24, 2.45) is 10.8 Å². The first-order valence-corrected chi connectivity index (χ1v) is 7.44. The van der Waals surface area contributed by atoms with Gasteiger partial charge >= 0.3 is 12.1 Å². The van der Waals surface area contributed by atoms with Crippen LogP contribution < -0.4 is 5.32 Å². The molecule has 6 nitrogen and oxygen atoms in total. The van der Waals surface area contributed by atoms with Crippen LogP contribution in [0.15, 0.2) is 30.3 Å². The normalized spacial score (nSPS) is 15.5. The van der Waals surface area contributed by atoms with Crippen molar-refractivity contribution < 1.29 is 24.5 Å². The maximum absolute atomic E-state index is 11.7. The summed E-state index contributed by atoms with van der Waals surface area (Å²) < 4.78 is 5.62. The number of hydrogen-bond donors (Lipinski definition) is 3. The van der Waals surface area contributed by atoms with Crippen molar-refractivity contribution in [1.29, 1.82) is 0 Å². The minimum atomic E-state index is -1.25. The highest BCUT2D eigenvalue weighted by atomic mass is 16.5. The van der Waals surface area contributed by atoms with Gasteiger partial charge in [0, 0.05) is 6.42 Å². The van der Waals surface area contributed by atoms with Crippen molar-refractivity contribution in [3.63, 3.8) is 0 Å². The van der Waals surface area contributed by atoms with Gasteiger partial charge in [-0.15, -0.1) is 0 Å². The number of nitrogens with one attached hydrogen (secondary N) is 1. The van der Waals surface area contributed by atoms with Crippen molar-refractivity contribution in [3.8, 4) is 0 Å². The number of aliphatic carboxylic acids is 1. The van der Waals surface area contributed by atoms with E-state index < -0.39 is 29.1 Å². The molecule has 0 bridgehead atoms. The van der Waals surface area contributed by atoms with Crippen LogP contribution in [0.5, 0.6) is 0 Å². The maximum Gasteiger partial charge on any atom is 0.406 e. The van der Waals surface area contributed by atoms with Gasteiger partial charge in [0.05, 0.1) is 12.0 Å². The van der Waals surface area contributed by atoms with Crippen LogP contribution >= 0.6 is 0 Å². The monoisotopic (exact) mass is 323 g/mol. The van der Waals surface area contributed by atoms with Gasteiger partial charge in [0.25, 0.3) is 0 Å². The maximum atomic E-state index is 11.7. The Morgan fingerprint density at radius 3 is 2.13 bits per heavy atom. The molecular formula is C17H25NO5. The third-order valence-electron chi connectivity index (χ3n) is 4.30. The Labute approximate surface area is 136 Å². The van der Waals surface area contributed by atoms with E-state index in [1.807, 2.05) is 51.1 Å². The van der Waals surface area contributed by atoms with Gasteiger partial charge in [0.15, 0.2) is 0 Å². The number of carbonyl (C=O) groups is 2. The molecule has 2 unspecified atom stereocenters. The second kappa shape index (κ2) is 7.46. The molecule has 0 fully saturated rings. The van der Waals surface area contributed by atoms with Crippen LogP contribution in [0.25, 0.3) is 0 Å². The molecule has 1 aromatic rings. The Hall–Kier alpha value is -2.08. The van der Waals surface area contributed by atoms with E-state index in [0.717, 1.165) is 5.56 Å². The Bertz CT molecular complexity index is 538. The largest absolute Gasteiger partial charge is 0.481 e. The van der Waals surface area contributed by atoms with E-state index in [-0.39, 0.29) is 13.0 Å². The fraction of sp³-hybridized carbons (Fsp3) is 0.529. The number of carboxylic acids is 1. The molecule has 1 amide bonds. The van der Waals surface area contributed by atoms with E-state index in [2.05, 4.69) is 5.32 Å². The predicted molar refractivity (Wildman–Crippen MR) is 86.0 cm³/mol. The van der Waals surface area contributed by atoms with E-state index in [0.29, 0.717) is 0 Å². The molecule has 0 saturated carbocycles. The molecule has 2 atom stereocenters. The number of ether oxygens (including phenoxy) is 1. The number of benzene rings is 1. The van der Waals surface area contributed by atoms with Crippen LogP contribution in [0.3, 0.4) is 0 Å². The first-order valence-electron chi connectivity index (χ1n) is 7.44. The third kappa shape index (κ3) is 5.25. The zero-order valence-corrected chi connectivity index (χ0v) is 14.0. The van der Waals surface area contributed by atoms with Crippen LogP contribution in [0.4, 0.5) is 4.79 Å². The smallest absolute Gasteiger partial charge is 0.406 e. The summed E-state index contributed by atoms with van der Waals surface area (Å²) in [4.78, 5) is 22.7. The fourth-order valence-electron chi connectivity index (χ4n) is 2.15. The van der Waals surface area contributed by atoms with Gasteiger partial charge in [-0.1, -0.05) is 51.1 Å². The first-order chi connectivity index (χ1) is 10.6. The topological polar surface area (TPSA) is 95.9 Å². The van der Waals surface area contributed by atoms with Crippen molar-refractivity contribution >= 4 is 12.1 Å². The summed E-state index contributed by atoms with van der Waals surface area (Å²) >= 11 is 0. The number of amides is 1. The molecule has 6 heteroatoms. The average molecular weight is 323 g/mol. The number of hydrogen-bond acceptors (Lipinski definition) is 3. The highest BCUT2D eigenvalue weighted by molar-refractivity contribution is 5.75.